The first-order valence-electron chi connectivity index (χ1n) is 6.70. The van der Waals surface area contributed by atoms with E-state index in [9.17, 15) is 15.2 Å². The predicted molar refractivity (Wildman–Crippen MR) is 109 cm³/mol. The average Bonchev–Trinajstić information content (AvgIpc) is 2.54. The molecule has 2 aromatic rings. The molecule has 0 heterocycles. The van der Waals surface area contributed by atoms with Crippen molar-refractivity contribution in [3.63, 3.8) is 0 Å². The molecule has 0 saturated heterocycles. The Morgan fingerprint density at radius 3 is 2.54 bits per heavy atom. The molecule has 0 unspecified atom stereocenters. The van der Waals surface area contributed by atoms with Gasteiger partial charge < -0.3 is 15.2 Å². The Kier molecular flexibility index (Phi) is 6.44. The molecule has 0 aliphatic carbocycles. The average molecular weight is 546 g/mol. The van der Waals surface area contributed by atoms with Crippen LogP contribution in [0.4, 0.5) is 5.69 Å². The first kappa shape index (κ1) is 18.5. The highest BCUT2D eigenvalue weighted by atomic mass is 127. The molecule has 0 aliphatic heterocycles. The first-order chi connectivity index (χ1) is 11.4. The molecule has 2 aromatic carbocycles. The summed E-state index contributed by atoms with van der Waals surface area (Å²) in [6.07, 6.45) is 1.50. The van der Waals surface area contributed by atoms with Crippen molar-refractivity contribution in [2.75, 3.05) is 12.4 Å². The van der Waals surface area contributed by atoms with Crippen LogP contribution in [0.3, 0.4) is 0 Å². The number of amides is 1. The molecule has 24 heavy (non-hydrogen) atoms. The van der Waals surface area contributed by atoms with E-state index in [1.54, 1.807) is 19.2 Å². The molecule has 1 amide bonds. The second kappa shape index (κ2) is 8.34. The Morgan fingerprint density at radius 1 is 1.29 bits per heavy atom. The van der Waals surface area contributed by atoms with Gasteiger partial charge in [-0.1, -0.05) is 0 Å². The number of carbonyl (C=O) groups is 1. The van der Waals surface area contributed by atoms with Gasteiger partial charge in [0.2, 0.25) is 0 Å². The fourth-order valence-corrected chi connectivity index (χ4v) is 4.06. The molecule has 0 aromatic heterocycles. The van der Waals surface area contributed by atoms with Crippen LogP contribution in [0, 0.1) is 18.5 Å². The van der Waals surface area contributed by atoms with Crippen LogP contribution in [0.25, 0.3) is 6.08 Å². The summed E-state index contributed by atoms with van der Waals surface area (Å²) >= 11 is 4.31. The quantitative estimate of drug-likeness (QED) is 0.262. The molecular formula is C17H12I2N2O3. The van der Waals surface area contributed by atoms with E-state index in [-0.39, 0.29) is 11.3 Å². The molecule has 122 valence electrons. The lowest BCUT2D eigenvalue weighted by molar-refractivity contribution is -0.112. The van der Waals surface area contributed by atoms with E-state index in [2.05, 4.69) is 50.5 Å². The lowest BCUT2D eigenvalue weighted by Crippen LogP contribution is -2.13. The van der Waals surface area contributed by atoms with E-state index in [0.717, 1.165) is 7.14 Å². The Balaban J connectivity index is 2.34. The molecule has 0 fully saturated rings. The summed E-state index contributed by atoms with van der Waals surface area (Å²) in [5.74, 6) is 0.183. The van der Waals surface area contributed by atoms with Crippen molar-refractivity contribution in [2.24, 2.45) is 0 Å². The van der Waals surface area contributed by atoms with Gasteiger partial charge >= 0.3 is 0 Å². The zero-order valence-corrected chi connectivity index (χ0v) is 16.8. The van der Waals surface area contributed by atoms with Gasteiger partial charge in [0.05, 0.1) is 10.7 Å². The second-order valence-electron chi connectivity index (χ2n) is 4.68. The van der Waals surface area contributed by atoms with Gasteiger partial charge in [-0.2, -0.15) is 5.26 Å². The summed E-state index contributed by atoms with van der Waals surface area (Å²) in [5.41, 5.74) is 1.11. The molecule has 0 aliphatic rings. The van der Waals surface area contributed by atoms with E-state index in [1.807, 2.05) is 18.2 Å². The number of anilines is 1. The number of hydrogen-bond donors (Lipinski definition) is 2. The van der Waals surface area contributed by atoms with E-state index < -0.39 is 5.91 Å². The summed E-state index contributed by atoms with van der Waals surface area (Å²) in [5, 5.41) is 21.2. The fourth-order valence-electron chi connectivity index (χ4n) is 1.95. The highest BCUT2D eigenvalue weighted by Gasteiger charge is 2.13. The number of nitrogens with one attached hydrogen (secondary N) is 1. The van der Waals surface area contributed by atoms with Gasteiger partial charge in [0.1, 0.15) is 23.1 Å². The number of phenols is 1. The Hall–Kier alpha value is -1.80. The molecule has 0 radical (unpaired) electrons. The molecule has 0 saturated carbocycles. The highest BCUT2D eigenvalue weighted by Crippen LogP contribution is 2.30. The maximum absolute atomic E-state index is 12.3. The minimum atomic E-state index is -0.529. The number of carbonyl (C=O) groups excluding carboxylic acids is 1. The molecule has 0 spiro atoms. The number of rotatable bonds is 4. The van der Waals surface area contributed by atoms with Crippen LogP contribution in [0.1, 0.15) is 5.56 Å². The number of nitriles is 1. The summed E-state index contributed by atoms with van der Waals surface area (Å²) in [6.45, 7) is 0. The number of methoxy groups -OCH3 is 1. The molecular weight excluding hydrogens is 534 g/mol. The SMILES string of the molecule is COc1c(I)cc(I)cc1/C=C(\C#N)C(=O)Nc1ccc(O)cc1. The minimum absolute atomic E-state index is 0.0424. The van der Waals surface area contributed by atoms with E-state index in [1.165, 1.54) is 18.2 Å². The maximum Gasteiger partial charge on any atom is 0.266 e. The third-order valence-electron chi connectivity index (χ3n) is 3.03. The van der Waals surface area contributed by atoms with Crippen LogP contribution >= 0.6 is 45.2 Å². The summed E-state index contributed by atoms with van der Waals surface area (Å²) < 4.78 is 7.23. The van der Waals surface area contributed by atoms with Crippen molar-refractivity contribution in [1.29, 1.82) is 5.26 Å². The van der Waals surface area contributed by atoms with Gasteiger partial charge in [0.25, 0.3) is 5.91 Å². The van der Waals surface area contributed by atoms with Crippen molar-refractivity contribution >= 4 is 62.9 Å². The zero-order valence-electron chi connectivity index (χ0n) is 12.5. The first-order valence-corrected chi connectivity index (χ1v) is 8.85. The summed E-state index contributed by atoms with van der Waals surface area (Å²) in [6, 6.07) is 11.7. The second-order valence-corrected chi connectivity index (χ2v) is 7.09. The normalized spacial score (nSPS) is 10.8. The van der Waals surface area contributed by atoms with E-state index in [4.69, 9.17) is 4.74 Å². The van der Waals surface area contributed by atoms with Gasteiger partial charge in [0.15, 0.2) is 0 Å². The number of benzene rings is 2. The lowest BCUT2D eigenvalue weighted by atomic mass is 10.1. The highest BCUT2D eigenvalue weighted by molar-refractivity contribution is 14.1. The topological polar surface area (TPSA) is 82.3 Å². The molecule has 7 heteroatoms. The number of phenolic OH excluding ortho intramolecular Hbond substituents is 1. The number of hydrogen-bond acceptors (Lipinski definition) is 4. The van der Waals surface area contributed by atoms with Gasteiger partial charge in [0, 0.05) is 14.8 Å². The third-order valence-corrected chi connectivity index (χ3v) is 4.46. The van der Waals surface area contributed by atoms with Crippen LogP contribution < -0.4 is 10.1 Å². The Labute approximate surface area is 166 Å². The standard InChI is InChI=1S/C17H12I2N2O3/c1-24-16-10(7-12(18)8-15(16)19)6-11(9-20)17(23)21-13-2-4-14(22)5-3-13/h2-8,22H,1H3,(H,21,23)/b11-6+. The van der Waals surface area contributed by atoms with Crippen LogP contribution in [0.2, 0.25) is 0 Å². The molecule has 2 rings (SSSR count). The summed E-state index contributed by atoms with van der Waals surface area (Å²) in [4.78, 5) is 12.3. The van der Waals surface area contributed by atoms with Crippen molar-refractivity contribution in [2.45, 2.75) is 0 Å². The largest absolute Gasteiger partial charge is 0.508 e. The Bertz CT molecular complexity index is 840. The molecule has 0 bridgehead atoms. The minimum Gasteiger partial charge on any atom is -0.508 e. The molecule has 0 atom stereocenters. The smallest absolute Gasteiger partial charge is 0.266 e. The molecule has 5 nitrogen and oxygen atoms in total. The van der Waals surface area contributed by atoms with Gasteiger partial charge in [-0.3, -0.25) is 4.79 Å². The van der Waals surface area contributed by atoms with Crippen molar-refractivity contribution in [3.05, 3.63) is 54.7 Å². The van der Waals surface area contributed by atoms with E-state index >= 15 is 0 Å². The predicted octanol–water partition coefficient (Wildman–Crippen LogP) is 4.16. The lowest BCUT2D eigenvalue weighted by Gasteiger charge is -2.09. The number of halogens is 2. The van der Waals surface area contributed by atoms with Gasteiger partial charge in [-0.15, -0.1) is 0 Å². The van der Waals surface area contributed by atoms with Crippen LogP contribution in [0.15, 0.2) is 42.0 Å². The number of aromatic hydroxyl groups is 1. The van der Waals surface area contributed by atoms with Crippen LogP contribution in [-0.4, -0.2) is 18.1 Å². The van der Waals surface area contributed by atoms with Crippen LogP contribution in [-0.2, 0) is 4.79 Å². The maximum atomic E-state index is 12.3. The Morgan fingerprint density at radius 2 is 1.96 bits per heavy atom. The monoisotopic (exact) mass is 546 g/mol. The van der Waals surface area contributed by atoms with Gasteiger partial charge in [-0.05, 0) is 87.7 Å². The van der Waals surface area contributed by atoms with E-state index in [0.29, 0.717) is 17.0 Å². The van der Waals surface area contributed by atoms with Crippen molar-refractivity contribution in [1.82, 2.24) is 0 Å². The molecule has 2 N–H and O–H groups in total. The third kappa shape index (κ3) is 4.61. The van der Waals surface area contributed by atoms with Crippen molar-refractivity contribution < 1.29 is 14.6 Å². The zero-order chi connectivity index (χ0) is 17.7. The van der Waals surface area contributed by atoms with Crippen LogP contribution in [0.5, 0.6) is 11.5 Å². The number of nitrogens with zero attached hydrogens (tertiary/aromatic N) is 1. The fraction of sp³-hybridized carbons (Fsp3) is 0.0588. The number of ether oxygens (including phenoxy) is 1. The summed E-state index contributed by atoms with van der Waals surface area (Å²) in [7, 11) is 1.55. The van der Waals surface area contributed by atoms with Crippen molar-refractivity contribution in [3.8, 4) is 17.6 Å². The van der Waals surface area contributed by atoms with Gasteiger partial charge in [-0.25, -0.2) is 0 Å².